The molecule has 52 valence electrons. The molecule has 0 bridgehead atoms. The summed E-state index contributed by atoms with van der Waals surface area (Å²) in [6.07, 6.45) is 0. The van der Waals surface area contributed by atoms with Gasteiger partial charge in [-0.2, -0.15) is 0 Å². The van der Waals surface area contributed by atoms with Gasteiger partial charge in [-0.05, 0) is 12.1 Å². The van der Waals surface area contributed by atoms with Crippen molar-refractivity contribution in [2.24, 2.45) is 0 Å². The van der Waals surface area contributed by atoms with Gasteiger partial charge in [-0.15, -0.1) is 16.1 Å². The summed E-state index contributed by atoms with van der Waals surface area (Å²) < 4.78 is 13.3. The van der Waals surface area contributed by atoms with E-state index in [0.29, 0.717) is 0 Å². The second kappa shape index (κ2) is 5.19. The standard InChI is InChI=1S/C6H4F.2ClH.Mg/c7-6-4-2-1-3-5-6;;;/h2-5H;2*1H;/q;;;+1/p-1. The molecule has 0 amide bonds. The van der Waals surface area contributed by atoms with Crippen LogP contribution in [0.2, 0.25) is 0 Å². The minimum atomic E-state index is -0.619. The molecule has 0 nitrogen and oxygen atoms in total. The Morgan fingerprint density at radius 2 is 1.70 bits per heavy atom. The van der Waals surface area contributed by atoms with Crippen molar-refractivity contribution in [1.82, 2.24) is 0 Å². The van der Waals surface area contributed by atoms with Crippen LogP contribution in [0.4, 0.5) is 4.39 Å². The van der Waals surface area contributed by atoms with Gasteiger partial charge in [-0.3, -0.25) is 0 Å². The smallest absolute Gasteiger partial charge is 0.336 e. The van der Waals surface area contributed by atoms with Gasteiger partial charge >= 0.3 is 19.3 Å². The van der Waals surface area contributed by atoms with Crippen molar-refractivity contribution in [2.45, 2.75) is 0 Å². The first-order valence-electron chi connectivity index (χ1n) is 2.63. The van der Waals surface area contributed by atoms with Gasteiger partial charge < -0.3 is 9.07 Å². The highest BCUT2D eigenvalue weighted by Gasteiger charge is 1.93. The van der Waals surface area contributed by atoms with Crippen LogP contribution in [0.1, 0.15) is 0 Å². The largest absolute Gasteiger partial charge is 0.538 e. The zero-order valence-corrected chi connectivity index (χ0v) is 8.17. The lowest BCUT2D eigenvalue weighted by Gasteiger charge is -1.90. The van der Waals surface area contributed by atoms with Crippen molar-refractivity contribution in [3.05, 3.63) is 30.1 Å². The maximum Gasteiger partial charge on any atom is 0.538 e. The Labute approximate surface area is 78.7 Å². The molecule has 0 radical (unpaired) electrons. The number of halogens is 3. The van der Waals surface area contributed by atoms with Crippen molar-refractivity contribution >= 4 is 44.4 Å². The van der Waals surface area contributed by atoms with E-state index in [0.717, 1.165) is 3.69 Å². The summed E-state index contributed by atoms with van der Waals surface area (Å²) in [6.45, 7) is 0. The first kappa shape index (κ1) is 10.5. The molecular formula is C6H5Cl2FMg. The molecule has 0 heterocycles. The van der Waals surface area contributed by atoms with Crippen LogP contribution in [-0.2, 0) is 0 Å². The molecule has 0 atom stereocenters. The Hall–Kier alpha value is 0.496. The highest BCUT2D eigenvalue weighted by atomic mass is 35.5. The summed E-state index contributed by atoms with van der Waals surface area (Å²) in [5.74, 6) is -0.196. The van der Waals surface area contributed by atoms with Crippen LogP contribution < -0.4 is 3.69 Å². The van der Waals surface area contributed by atoms with E-state index < -0.39 is 19.3 Å². The van der Waals surface area contributed by atoms with Crippen LogP contribution >= 0.6 is 21.5 Å². The summed E-state index contributed by atoms with van der Waals surface area (Å²) >= 11 is -0.619. The van der Waals surface area contributed by atoms with Crippen molar-refractivity contribution in [3.63, 3.8) is 0 Å². The SMILES string of the molecule is Cl.Fc1cc[c]([Mg][Cl])cc1. The lowest BCUT2D eigenvalue weighted by atomic mass is 10.3. The van der Waals surface area contributed by atoms with Gasteiger partial charge in [-0.25, -0.2) is 4.39 Å². The number of benzene rings is 1. The van der Waals surface area contributed by atoms with E-state index in [1.54, 1.807) is 12.1 Å². The van der Waals surface area contributed by atoms with Crippen LogP contribution in [0.15, 0.2) is 24.3 Å². The minimum Gasteiger partial charge on any atom is -0.336 e. The van der Waals surface area contributed by atoms with Crippen LogP contribution in [-0.4, -0.2) is 19.3 Å². The van der Waals surface area contributed by atoms with E-state index >= 15 is 0 Å². The Bertz CT molecular complexity index is 187. The van der Waals surface area contributed by atoms with Gasteiger partial charge in [0.15, 0.2) is 0 Å². The van der Waals surface area contributed by atoms with Gasteiger partial charge in [0.1, 0.15) is 5.82 Å². The molecule has 0 fully saturated rings. The molecule has 4 heteroatoms. The highest BCUT2D eigenvalue weighted by molar-refractivity contribution is 7.01. The van der Waals surface area contributed by atoms with Crippen LogP contribution in [0.3, 0.4) is 0 Å². The second-order valence-corrected chi connectivity index (χ2v) is 3.65. The minimum absolute atomic E-state index is 0. The molecule has 0 unspecified atom stereocenters. The van der Waals surface area contributed by atoms with E-state index in [9.17, 15) is 4.39 Å². The third kappa shape index (κ3) is 3.06. The first-order chi connectivity index (χ1) is 4.33. The molecule has 0 aromatic heterocycles. The molecule has 0 spiro atoms. The maximum absolute atomic E-state index is 12.2. The highest BCUT2D eigenvalue weighted by Crippen LogP contribution is 1.91. The third-order valence-electron chi connectivity index (χ3n) is 1.07. The maximum atomic E-state index is 12.2. The van der Waals surface area contributed by atoms with Crippen LogP contribution in [0, 0.1) is 5.82 Å². The molecular weight excluding hydrogens is 186 g/mol. The van der Waals surface area contributed by atoms with Crippen LogP contribution in [0.25, 0.3) is 0 Å². The van der Waals surface area contributed by atoms with Gasteiger partial charge in [0.2, 0.25) is 0 Å². The zero-order chi connectivity index (χ0) is 6.69. The normalized spacial score (nSPS) is 7.80. The lowest BCUT2D eigenvalue weighted by Crippen LogP contribution is -2.06. The summed E-state index contributed by atoms with van der Waals surface area (Å²) in [6, 6.07) is 6.33. The molecule has 0 N–H and O–H groups in total. The summed E-state index contributed by atoms with van der Waals surface area (Å²) in [5.41, 5.74) is 0. The monoisotopic (exact) mass is 190 g/mol. The number of hydrogen-bond donors (Lipinski definition) is 0. The average Bonchev–Trinajstić information content (AvgIpc) is 1.90. The second-order valence-electron chi connectivity index (χ2n) is 1.76. The molecule has 1 aromatic carbocycles. The zero-order valence-electron chi connectivity index (χ0n) is 5.18. The van der Waals surface area contributed by atoms with E-state index in [4.69, 9.17) is 9.07 Å². The predicted molar refractivity (Wildman–Crippen MR) is 44.9 cm³/mol. The van der Waals surface area contributed by atoms with Crippen molar-refractivity contribution in [3.8, 4) is 0 Å². The van der Waals surface area contributed by atoms with E-state index in [1.807, 2.05) is 0 Å². The van der Waals surface area contributed by atoms with Gasteiger partial charge in [0, 0.05) is 0 Å². The van der Waals surface area contributed by atoms with Gasteiger partial charge in [-0.1, -0.05) is 12.1 Å². The molecule has 10 heavy (non-hydrogen) atoms. The van der Waals surface area contributed by atoms with E-state index in [-0.39, 0.29) is 18.2 Å². The topological polar surface area (TPSA) is 0 Å². The van der Waals surface area contributed by atoms with Crippen molar-refractivity contribution < 1.29 is 4.39 Å². The van der Waals surface area contributed by atoms with Crippen molar-refractivity contribution in [1.29, 1.82) is 0 Å². The summed E-state index contributed by atoms with van der Waals surface area (Å²) in [4.78, 5) is 0. The fourth-order valence-electron chi connectivity index (χ4n) is 0.573. The van der Waals surface area contributed by atoms with E-state index in [1.165, 1.54) is 12.1 Å². The third-order valence-corrected chi connectivity index (χ3v) is 2.77. The molecule has 0 aliphatic rings. The average molecular weight is 191 g/mol. The van der Waals surface area contributed by atoms with Gasteiger partial charge in [0.25, 0.3) is 0 Å². The van der Waals surface area contributed by atoms with Gasteiger partial charge in [0.05, 0.1) is 0 Å². The molecule has 0 aliphatic heterocycles. The first-order valence-corrected chi connectivity index (χ1v) is 5.48. The summed E-state index contributed by atoms with van der Waals surface area (Å²) in [5, 5.41) is 0. The predicted octanol–water partition coefficient (Wildman–Crippen LogP) is 1.73. The number of hydrogen-bond acceptors (Lipinski definition) is 0. The Balaban J connectivity index is 0.000000810. The van der Waals surface area contributed by atoms with Crippen LogP contribution in [0.5, 0.6) is 0 Å². The molecule has 0 saturated heterocycles. The fourth-order valence-corrected chi connectivity index (χ4v) is 1.52. The molecule has 0 saturated carbocycles. The molecule has 0 aliphatic carbocycles. The molecule has 1 aromatic rings. The Morgan fingerprint density at radius 1 is 1.20 bits per heavy atom. The number of rotatable bonds is 1. The quantitative estimate of drug-likeness (QED) is 0.593. The van der Waals surface area contributed by atoms with E-state index in [2.05, 4.69) is 0 Å². The fraction of sp³-hybridized carbons (Fsp3) is 0. The Morgan fingerprint density at radius 3 is 2.10 bits per heavy atom. The molecule has 1 rings (SSSR count). The summed E-state index contributed by atoms with van der Waals surface area (Å²) in [7, 11) is 5.60. The lowest BCUT2D eigenvalue weighted by molar-refractivity contribution is 0.628. The Kier molecular flexibility index (Phi) is 5.44. The van der Waals surface area contributed by atoms with Crippen molar-refractivity contribution in [2.75, 3.05) is 0 Å².